The third-order valence-corrected chi connectivity index (χ3v) is 9.46. The molecule has 1 rings (SSSR count). The SMILES string of the molecule is C#CC(O)(C(Cl)C#C[Si](C)(C)C(C)(C)C)[C@H]1COC(C)(C)O1. The van der Waals surface area contributed by atoms with Gasteiger partial charge in [-0.25, -0.2) is 0 Å². The molecule has 0 amide bonds. The highest BCUT2D eigenvalue weighted by Crippen LogP contribution is 2.36. The number of ether oxygens (including phenoxy) is 2. The summed E-state index contributed by atoms with van der Waals surface area (Å²) in [5.41, 5.74) is 1.61. The first kappa shape index (κ1) is 19.6. The van der Waals surface area contributed by atoms with E-state index in [1.807, 2.05) is 0 Å². The van der Waals surface area contributed by atoms with Crippen LogP contribution in [0.5, 0.6) is 0 Å². The van der Waals surface area contributed by atoms with Gasteiger partial charge < -0.3 is 14.6 Å². The summed E-state index contributed by atoms with van der Waals surface area (Å²) in [5, 5.41) is 9.96. The van der Waals surface area contributed by atoms with Crippen LogP contribution in [0.15, 0.2) is 0 Å². The summed E-state index contributed by atoms with van der Waals surface area (Å²) in [6.45, 7) is 14.6. The lowest BCUT2D eigenvalue weighted by atomic mass is 9.94. The highest BCUT2D eigenvalue weighted by atomic mass is 35.5. The van der Waals surface area contributed by atoms with Crippen molar-refractivity contribution in [2.24, 2.45) is 0 Å². The van der Waals surface area contributed by atoms with Crippen molar-refractivity contribution in [2.75, 3.05) is 6.61 Å². The van der Waals surface area contributed by atoms with E-state index in [0.717, 1.165) is 0 Å². The lowest BCUT2D eigenvalue weighted by Gasteiger charge is -2.33. The molecule has 0 aromatic carbocycles. The molecular weight excluding hydrogens is 316 g/mol. The van der Waals surface area contributed by atoms with Crippen LogP contribution in [0.2, 0.25) is 18.1 Å². The highest BCUT2D eigenvalue weighted by Gasteiger charge is 2.49. The number of aliphatic hydroxyl groups is 1. The molecule has 0 saturated carbocycles. The average Bonchev–Trinajstić information content (AvgIpc) is 2.74. The van der Waals surface area contributed by atoms with Gasteiger partial charge in [-0.05, 0) is 18.9 Å². The molecule has 0 radical (unpaired) electrons. The lowest BCUT2D eigenvalue weighted by Crippen LogP contribution is -2.50. The molecule has 5 heteroatoms. The predicted octanol–water partition coefficient (Wildman–Crippen LogP) is 3.16. The van der Waals surface area contributed by atoms with Crippen molar-refractivity contribution in [2.45, 2.75) is 75.6 Å². The van der Waals surface area contributed by atoms with E-state index >= 15 is 0 Å². The molecule has 2 unspecified atom stereocenters. The molecule has 22 heavy (non-hydrogen) atoms. The Hall–Kier alpha value is -0.493. The molecule has 3 nitrogen and oxygen atoms in total. The lowest BCUT2D eigenvalue weighted by molar-refractivity contribution is -0.158. The minimum atomic E-state index is -1.82. The number of rotatable bonds is 2. The number of alkyl halides is 1. The highest BCUT2D eigenvalue weighted by molar-refractivity contribution is 6.87. The standard InChI is InChI=1S/C17H27ClO3Si/c1-9-17(19,14-12-20-16(5,6)21-14)13(18)10-11-22(7,8)15(2,3)4/h1,13-14,19H,12H2,2-8H3/t13?,14-,17?/m1/s1. The third kappa shape index (κ3) is 4.07. The second-order valence-electron chi connectivity index (χ2n) is 7.79. The van der Waals surface area contributed by atoms with Gasteiger partial charge in [0.05, 0.1) is 6.61 Å². The summed E-state index contributed by atoms with van der Waals surface area (Å²) < 4.78 is 11.1. The smallest absolute Gasteiger partial charge is 0.181 e. The van der Waals surface area contributed by atoms with E-state index in [1.165, 1.54) is 0 Å². The monoisotopic (exact) mass is 342 g/mol. The van der Waals surface area contributed by atoms with E-state index in [1.54, 1.807) is 13.8 Å². The first-order valence-corrected chi connectivity index (χ1v) is 10.9. The summed E-state index contributed by atoms with van der Waals surface area (Å²) in [7, 11) is -1.82. The van der Waals surface area contributed by atoms with Crippen LogP contribution in [0.25, 0.3) is 0 Å². The Morgan fingerprint density at radius 2 is 1.91 bits per heavy atom. The zero-order valence-electron chi connectivity index (χ0n) is 14.6. The summed E-state index contributed by atoms with van der Waals surface area (Å²) in [6.07, 6.45) is 4.83. The number of hydrogen-bond donors (Lipinski definition) is 1. The summed E-state index contributed by atoms with van der Waals surface area (Å²) in [5.74, 6) is 4.56. The van der Waals surface area contributed by atoms with Gasteiger partial charge in [0.2, 0.25) is 0 Å². The molecule has 1 saturated heterocycles. The van der Waals surface area contributed by atoms with Crippen LogP contribution < -0.4 is 0 Å². The molecule has 1 fully saturated rings. The Kier molecular flexibility index (Phi) is 5.50. The molecule has 1 heterocycles. The predicted molar refractivity (Wildman–Crippen MR) is 93.3 cm³/mol. The van der Waals surface area contributed by atoms with E-state index in [2.05, 4.69) is 51.2 Å². The zero-order chi connectivity index (χ0) is 17.4. The number of hydrogen-bond acceptors (Lipinski definition) is 3. The van der Waals surface area contributed by atoms with E-state index < -0.39 is 30.9 Å². The Morgan fingerprint density at radius 1 is 1.36 bits per heavy atom. The Labute approximate surface area is 140 Å². The van der Waals surface area contributed by atoms with Crippen molar-refractivity contribution in [3.63, 3.8) is 0 Å². The minimum absolute atomic E-state index is 0.111. The summed E-state index contributed by atoms with van der Waals surface area (Å²) in [6, 6.07) is 0. The molecule has 0 aromatic heterocycles. The molecule has 0 aromatic rings. The Morgan fingerprint density at radius 3 is 2.27 bits per heavy atom. The van der Waals surface area contributed by atoms with E-state index in [-0.39, 0.29) is 11.6 Å². The molecule has 0 bridgehead atoms. The second-order valence-corrected chi connectivity index (χ2v) is 13.2. The second kappa shape index (κ2) is 6.19. The van der Waals surface area contributed by atoms with E-state index in [0.29, 0.717) is 0 Å². The fraction of sp³-hybridized carbons (Fsp3) is 0.765. The molecule has 0 aliphatic carbocycles. The van der Waals surface area contributed by atoms with Crippen LogP contribution in [0.4, 0.5) is 0 Å². The quantitative estimate of drug-likeness (QED) is 0.476. The molecule has 124 valence electrons. The van der Waals surface area contributed by atoms with Gasteiger partial charge in [-0.1, -0.05) is 45.7 Å². The molecule has 1 aliphatic rings. The minimum Gasteiger partial charge on any atom is -0.373 e. The first-order chi connectivity index (χ1) is 9.75. The largest absolute Gasteiger partial charge is 0.373 e. The van der Waals surface area contributed by atoms with Crippen LogP contribution >= 0.6 is 11.6 Å². The van der Waals surface area contributed by atoms with Gasteiger partial charge >= 0.3 is 0 Å². The van der Waals surface area contributed by atoms with E-state index in [9.17, 15) is 5.11 Å². The molecule has 3 atom stereocenters. The normalized spacial score (nSPS) is 25.5. The van der Waals surface area contributed by atoms with Gasteiger partial charge in [0.15, 0.2) is 11.4 Å². The van der Waals surface area contributed by atoms with Gasteiger partial charge in [-0.15, -0.1) is 23.6 Å². The van der Waals surface area contributed by atoms with Crippen molar-refractivity contribution in [1.82, 2.24) is 0 Å². The van der Waals surface area contributed by atoms with Crippen LogP contribution in [0, 0.1) is 23.8 Å². The maximum absolute atomic E-state index is 10.8. The van der Waals surface area contributed by atoms with Crippen molar-refractivity contribution in [3.05, 3.63) is 0 Å². The van der Waals surface area contributed by atoms with Gasteiger partial charge in [-0.2, -0.15) is 0 Å². The molecule has 0 spiro atoms. The van der Waals surface area contributed by atoms with Gasteiger partial charge in [-0.3, -0.25) is 0 Å². The van der Waals surface area contributed by atoms with Crippen molar-refractivity contribution >= 4 is 19.7 Å². The summed E-state index contributed by atoms with van der Waals surface area (Å²) >= 11 is 6.34. The first-order valence-electron chi connectivity index (χ1n) is 7.44. The van der Waals surface area contributed by atoms with E-state index in [4.69, 9.17) is 27.5 Å². The Bertz CT molecular complexity index is 519. The van der Waals surface area contributed by atoms with Gasteiger partial charge in [0.1, 0.15) is 19.6 Å². The maximum atomic E-state index is 10.8. The van der Waals surface area contributed by atoms with Crippen LogP contribution in [0.3, 0.4) is 0 Å². The van der Waals surface area contributed by atoms with Gasteiger partial charge in [0.25, 0.3) is 0 Å². The summed E-state index contributed by atoms with van der Waals surface area (Å²) in [4.78, 5) is 0. The number of halogens is 1. The third-order valence-electron chi connectivity index (χ3n) is 4.50. The number of terminal acetylenes is 1. The zero-order valence-corrected chi connectivity index (χ0v) is 16.3. The average molecular weight is 343 g/mol. The molecular formula is C17H27ClO3Si. The van der Waals surface area contributed by atoms with Crippen LogP contribution in [0.1, 0.15) is 34.6 Å². The molecule has 1 aliphatic heterocycles. The van der Waals surface area contributed by atoms with Crippen molar-refractivity contribution in [3.8, 4) is 23.8 Å². The maximum Gasteiger partial charge on any atom is 0.181 e. The van der Waals surface area contributed by atoms with Crippen LogP contribution in [-0.2, 0) is 9.47 Å². The molecule has 1 N–H and O–H groups in total. The Balaban J connectivity index is 3.01. The van der Waals surface area contributed by atoms with Crippen molar-refractivity contribution < 1.29 is 14.6 Å². The van der Waals surface area contributed by atoms with Crippen LogP contribution in [-0.4, -0.2) is 42.7 Å². The fourth-order valence-electron chi connectivity index (χ4n) is 1.77. The fourth-order valence-corrected chi connectivity index (χ4v) is 3.00. The topological polar surface area (TPSA) is 38.7 Å². The van der Waals surface area contributed by atoms with Crippen molar-refractivity contribution in [1.29, 1.82) is 0 Å². The van der Waals surface area contributed by atoms with Gasteiger partial charge in [0, 0.05) is 0 Å².